The molecular formula is C16H17FN2O5S. The van der Waals surface area contributed by atoms with E-state index in [2.05, 4.69) is 4.72 Å². The lowest BCUT2D eigenvalue weighted by molar-refractivity contribution is 0.0706. The number of anilines is 1. The maximum absolute atomic E-state index is 13.2. The number of sulfonamides is 1. The van der Waals surface area contributed by atoms with E-state index >= 15 is 0 Å². The van der Waals surface area contributed by atoms with Gasteiger partial charge < -0.3 is 4.42 Å². The maximum Gasteiger partial charge on any atom is 0.278 e. The highest BCUT2D eigenvalue weighted by molar-refractivity contribution is 7.96. The molecule has 3 rings (SSSR count). The number of benzene rings is 1. The number of aryl methyl sites for hydroxylation is 1. The number of allylic oxidation sites excluding steroid dienone is 2. The number of halogens is 1. The van der Waals surface area contributed by atoms with Crippen LogP contribution in [0.4, 0.5) is 10.1 Å². The summed E-state index contributed by atoms with van der Waals surface area (Å²) in [6.07, 6.45) is 0.775. The lowest BCUT2D eigenvalue weighted by atomic mass is 10.1. The summed E-state index contributed by atoms with van der Waals surface area (Å²) in [4.78, 5) is 11.9. The Morgan fingerprint density at radius 1 is 1.40 bits per heavy atom. The van der Waals surface area contributed by atoms with Crippen LogP contribution >= 0.6 is 0 Å². The number of hydroxylamine groups is 1. The van der Waals surface area contributed by atoms with Gasteiger partial charge in [-0.05, 0) is 44.4 Å². The number of furan rings is 1. The third-order valence-electron chi connectivity index (χ3n) is 4.10. The van der Waals surface area contributed by atoms with Crippen molar-refractivity contribution >= 4 is 32.6 Å². The van der Waals surface area contributed by atoms with Gasteiger partial charge in [0.2, 0.25) is 0 Å². The number of alkyl halides is 1. The summed E-state index contributed by atoms with van der Waals surface area (Å²) in [6, 6.07) is 4.49. The van der Waals surface area contributed by atoms with Gasteiger partial charge in [0.05, 0.1) is 10.5 Å². The second-order valence-corrected chi connectivity index (χ2v) is 7.57. The fourth-order valence-electron chi connectivity index (χ4n) is 2.86. The average molecular weight is 368 g/mol. The van der Waals surface area contributed by atoms with Crippen molar-refractivity contribution < 1.29 is 27.2 Å². The highest BCUT2D eigenvalue weighted by Crippen LogP contribution is 2.30. The van der Waals surface area contributed by atoms with Crippen molar-refractivity contribution in [3.63, 3.8) is 0 Å². The van der Waals surface area contributed by atoms with Crippen LogP contribution in [0.15, 0.2) is 33.6 Å². The Morgan fingerprint density at radius 2 is 2.16 bits per heavy atom. The predicted molar refractivity (Wildman–Crippen MR) is 89.6 cm³/mol. The van der Waals surface area contributed by atoms with Crippen LogP contribution in [-0.2, 0) is 10.0 Å². The van der Waals surface area contributed by atoms with Crippen LogP contribution in [-0.4, -0.2) is 25.7 Å². The van der Waals surface area contributed by atoms with Gasteiger partial charge in [-0.3, -0.25) is 14.7 Å². The molecule has 1 unspecified atom stereocenters. The van der Waals surface area contributed by atoms with Gasteiger partial charge in [0.25, 0.3) is 15.9 Å². The molecule has 1 aliphatic carbocycles. The summed E-state index contributed by atoms with van der Waals surface area (Å²) in [5, 5.41) is 9.21. The van der Waals surface area contributed by atoms with Crippen LogP contribution in [0, 0.1) is 6.92 Å². The van der Waals surface area contributed by atoms with Gasteiger partial charge in [-0.1, -0.05) is 6.08 Å². The Morgan fingerprint density at radius 3 is 2.80 bits per heavy atom. The van der Waals surface area contributed by atoms with E-state index in [9.17, 15) is 17.6 Å². The van der Waals surface area contributed by atoms with Crippen molar-refractivity contribution in [2.24, 2.45) is 0 Å². The first-order valence-corrected chi connectivity index (χ1v) is 9.13. The molecule has 0 fully saturated rings. The highest BCUT2D eigenvalue weighted by Gasteiger charge is 2.24. The van der Waals surface area contributed by atoms with Crippen molar-refractivity contribution in [2.75, 3.05) is 4.72 Å². The monoisotopic (exact) mass is 368 g/mol. The Bertz CT molecular complexity index is 964. The van der Waals surface area contributed by atoms with E-state index in [1.807, 2.05) is 0 Å². The highest BCUT2D eigenvalue weighted by atomic mass is 32.2. The Kier molecular flexibility index (Phi) is 4.53. The van der Waals surface area contributed by atoms with Crippen molar-refractivity contribution in [2.45, 2.75) is 32.4 Å². The van der Waals surface area contributed by atoms with Gasteiger partial charge >= 0.3 is 0 Å². The average Bonchev–Trinajstić information content (AvgIpc) is 2.89. The van der Waals surface area contributed by atoms with Gasteiger partial charge in [-0.25, -0.2) is 18.3 Å². The molecule has 0 saturated heterocycles. The van der Waals surface area contributed by atoms with Crippen molar-refractivity contribution in [3.05, 3.63) is 40.5 Å². The van der Waals surface area contributed by atoms with Gasteiger partial charge in [0.1, 0.15) is 17.5 Å². The van der Waals surface area contributed by atoms with Gasteiger partial charge in [0.15, 0.2) is 0 Å². The molecule has 0 aliphatic heterocycles. The summed E-state index contributed by atoms with van der Waals surface area (Å²) >= 11 is 0. The van der Waals surface area contributed by atoms with Crippen LogP contribution in [0.1, 0.15) is 35.4 Å². The van der Waals surface area contributed by atoms with Crippen LogP contribution in [0.5, 0.6) is 0 Å². The minimum absolute atomic E-state index is 0.0804. The molecule has 1 amide bonds. The zero-order chi connectivity index (χ0) is 18.2. The number of hydrogen-bond donors (Lipinski definition) is 3. The zero-order valence-corrected chi connectivity index (χ0v) is 14.2. The minimum atomic E-state index is -3.80. The smallest absolute Gasteiger partial charge is 0.278 e. The first-order chi connectivity index (χ1) is 11.8. The van der Waals surface area contributed by atoms with Gasteiger partial charge in [-0.15, -0.1) is 0 Å². The Balaban J connectivity index is 1.95. The van der Waals surface area contributed by atoms with E-state index in [0.717, 1.165) is 0 Å². The predicted octanol–water partition coefficient (Wildman–Crippen LogP) is 3.01. The summed E-state index contributed by atoms with van der Waals surface area (Å²) in [5.74, 6) is -0.453. The molecule has 25 heavy (non-hydrogen) atoms. The Labute approximate surface area is 143 Å². The fourth-order valence-corrected chi connectivity index (χ4v) is 4.14. The van der Waals surface area contributed by atoms with Crippen molar-refractivity contribution in [1.29, 1.82) is 0 Å². The van der Waals surface area contributed by atoms with E-state index in [1.54, 1.807) is 12.4 Å². The molecule has 0 spiro atoms. The largest absolute Gasteiger partial charge is 0.461 e. The van der Waals surface area contributed by atoms with Gasteiger partial charge in [0, 0.05) is 11.1 Å². The Hall–Kier alpha value is -2.39. The molecule has 1 heterocycles. The number of carbonyl (C=O) groups excluding carboxylic acids is 1. The molecule has 9 heteroatoms. The standard InChI is InChI=1S/C16H17FN2O5S/c1-9-15(16(20)18-21)13-8-11(4-7-14(13)24-9)19-25(22,23)12-5-2-10(17)3-6-12/h4-5,7-8,10,19,21H,2-3,6H2,1H3,(H,18,20). The molecule has 7 nitrogen and oxygen atoms in total. The second-order valence-electron chi connectivity index (χ2n) is 5.83. The molecule has 1 aromatic carbocycles. The molecule has 1 aliphatic rings. The first kappa shape index (κ1) is 17.4. The molecule has 0 saturated carbocycles. The van der Waals surface area contributed by atoms with Crippen LogP contribution in [0.25, 0.3) is 11.0 Å². The quantitative estimate of drug-likeness (QED) is 0.568. The van der Waals surface area contributed by atoms with E-state index in [1.165, 1.54) is 24.3 Å². The van der Waals surface area contributed by atoms with Crippen LogP contribution in [0.3, 0.4) is 0 Å². The first-order valence-electron chi connectivity index (χ1n) is 7.65. The molecule has 0 bridgehead atoms. The molecule has 0 radical (unpaired) electrons. The molecule has 3 N–H and O–H groups in total. The lowest BCUT2D eigenvalue weighted by Gasteiger charge is -2.17. The number of carbonyl (C=O) groups is 1. The summed E-state index contributed by atoms with van der Waals surface area (Å²) in [6.45, 7) is 1.56. The third kappa shape index (κ3) is 3.38. The van der Waals surface area contributed by atoms with Crippen LogP contribution < -0.4 is 10.2 Å². The summed E-state index contributed by atoms with van der Waals surface area (Å²) in [5.41, 5.74) is 2.29. The van der Waals surface area contributed by atoms with E-state index in [0.29, 0.717) is 16.7 Å². The zero-order valence-electron chi connectivity index (χ0n) is 13.4. The van der Waals surface area contributed by atoms with E-state index in [-0.39, 0.29) is 35.4 Å². The van der Waals surface area contributed by atoms with Crippen molar-refractivity contribution in [3.8, 4) is 0 Å². The topological polar surface area (TPSA) is 109 Å². The van der Waals surface area contributed by atoms with Crippen molar-refractivity contribution in [1.82, 2.24) is 5.48 Å². The van der Waals surface area contributed by atoms with Gasteiger partial charge in [-0.2, -0.15) is 0 Å². The number of hydrogen-bond acceptors (Lipinski definition) is 5. The van der Waals surface area contributed by atoms with E-state index < -0.39 is 22.1 Å². The lowest BCUT2D eigenvalue weighted by Crippen LogP contribution is -2.19. The second kappa shape index (κ2) is 6.49. The minimum Gasteiger partial charge on any atom is -0.461 e. The fraction of sp³-hybridized carbons (Fsp3) is 0.312. The number of fused-ring (bicyclic) bond motifs is 1. The molecule has 134 valence electrons. The normalized spacial score (nSPS) is 18.0. The number of nitrogens with one attached hydrogen (secondary N) is 2. The SMILES string of the molecule is Cc1oc2ccc(NS(=O)(=O)C3=CCC(F)CC3)cc2c1C(=O)NO. The van der Waals surface area contributed by atoms with E-state index in [4.69, 9.17) is 9.62 Å². The van der Waals surface area contributed by atoms with Crippen LogP contribution in [0.2, 0.25) is 0 Å². The summed E-state index contributed by atoms with van der Waals surface area (Å²) < 4.78 is 45.9. The number of rotatable bonds is 4. The maximum atomic E-state index is 13.2. The number of amides is 1. The molecule has 1 aromatic heterocycles. The third-order valence-corrected chi connectivity index (χ3v) is 5.66. The molecular weight excluding hydrogens is 351 g/mol. The summed E-state index contributed by atoms with van der Waals surface area (Å²) in [7, 11) is -3.80. The molecule has 2 aromatic rings. The molecule has 1 atom stereocenters.